The Morgan fingerprint density at radius 1 is 1.65 bits per heavy atom. The number of carbonyl (C=O) groups excluding carboxylic acids is 1. The smallest absolute Gasteiger partial charge is 0.233 e. The molecule has 1 atom stereocenters. The molecule has 17 heavy (non-hydrogen) atoms. The Morgan fingerprint density at radius 3 is 3.12 bits per heavy atom. The maximum absolute atomic E-state index is 11.5. The Morgan fingerprint density at radius 2 is 2.41 bits per heavy atom. The number of amides is 1. The van der Waals surface area contributed by atoms with Crippen molar-refractivity contribution in [2.24, 2.45) is 5.73 Å². The van der Waals surface area contributed by atoms with Crippen LogP contribution in [0.5, 0.6) is 0 Å². The molecule has 0 fully saturated rings. The number of nitrogens with zero attached hydrogens (tertiary/aromatic N) is 3. The van der Waals surface area contributed by atoms with Crippen molar-refractivity contribution in [3.8, 4) is 0 Å². The summed E-state index contributed by atoms with van der Waals surface area (Å²) in [6.07, 6.45) is 1.65. The van der Waals surface area contributed by atoms with Crippen molar-refractivity contribution in [3.63, 3.8) is 0 Å². The van der Waals surface area contributed by atoms with Gasteiger partial charge in [-0.15, -0.1) is 0 Å². The molecule has 0 radical (unpaired) electrons. The molecule has 1 unspecified atom stereocenters. The second kappa shape index (κ2) is 4.64. The van der Waals surface area contributed by atoms with Gasteiger partial charge in [-0.3, -0.25) is 10.1 Å². The molecule has 4 N–H and O–H groups in total. The van der Waals surface area contributed by atoms with Gasteiger partial charge in [-0.2, -0.15) is 9.97 Å². The third-order valence-corrected chi connectivity index (χ3v) is 2.27. The number of fused-ring (bicyclic) bond motifs is 1. The van der Waals surface area contributed by atoms with E-state index in [1.54, 1.807) is 6.92 Å². The number of carbonyl (C=O) groups is 1. The number of hydrogen-bond donors (Lipinski definition) is 3. The average Bonchev–Trinajstić information content (AvgIpc) is 2.64. The van der Waals surface area contributed by atoms with Crippen LogP contribution in [-0.4, -0.2) is 31.9 Å². The van der Waals surface area contributed by atoms with Crippen LogP contribution >= 0.6 is 11.6 Å². The molecule has 1 amide bonds. The lowest BCUT2D eigenvalue weighted by Crippen LogP contribution is -2.24. The monoisotopic (exact) mass is 254 g/mol. The molecule has 0 aliphatic heterocycles. The van der Waals surface area contributed by atoms with Gasteiger partial charge in [0.1, 0.15) is 5.52 Å². The molecule has 90 valence electrons. The molecule has 0 saturated heterocycles. The normalized spacial score (nSPS) is 12.6. The van der Waals surface area contributed by atoms with Crippen molar-refractivity contribution in [2.45, 2.75) is 19.4 Å². The predicted octanol–water partition coefficient (Wildman–Crippen LogP) is 0.682. The Bertz CT molecular complexity index is 551. The summed E-state index contributed by atoms with van der Waals surface area (Å²) in [5, 5.41) is 2.73. The van der Waals surface area contributed by atoms with Gasteiger partial charge >= 0.3 is 0 Å². The number of hydrogen-bond acceptors (Lipinski definition) is 5. The van der Waals surface area contributed by atoms with Crippen LogP contribution in [0.15, 0.2) is 6.33 Å². The number of aromatic nitrogens is 4. The minimum atomic E-state index is -0.258. The van der Waals surface area contributed by atoms with Gasteiger partial charge in [-0.05, 0) is 6.92 Å². The highest BCUT2D eigenvalue weighted by molar-refractivity contribution is 6.33. The number of aromatic amines is 1. The highest BCUT2D eigenvalue weighted by atomic mass is 35.5. The van der Waals surface area contributed by atoms with Gasteiger partial charge in [0, 0.05) is 12.5 Å². The van der Waals surface area contributed by atoms with E-state index in [0.717, 1.165) is 0 Å². The first-order valence-corrected chi connectivity index (χ1v) is 5.36. The first-order chi connectivity index (χ1) is 8.06. The van der Waals surface area contributed by atoms with Crippen LogP contribution in [0.25, 0.3) is 11.2 Å². The number of rotatable bonds is 3. The molecule has 2 aromatic rings. The van der Waals surface area contributed by atoms with E-state index in [4.69, 9.17) is 17.3 Å². The van der Waals surface area contributed by atoms with Crippen LogP contribution < -0.4 is 11.1 Å². The summed E-state index contributed by atoms with van der Waals surface area (Å²) in [5.74, 6) is -0.133. The number of halogens is 1. The molecule has 7 nitrogen and oxygen atoms in total. The number of nitrogens with one attached hydrogen (secondary N) is 2. The fraction of sp³-hybridized carbons (Fsp3) is 0.333. The molecule has 0 saturated carbocycles. The molecule has 0 spiro atoms. The van der Waals surface area contributed by atoms with Gasteiger partial charge < -0.3 is 10.7 Å². The molecule has 2 heterocycles. The first kappa shape index (κ1) is 11.7. The molecule has 2 rings (SSSR count). The van der Waals surface area contributed by atoms with Crippen LogP contribution in [0.3, 0.4) is 0 Å². The zero-order valence-electron chi connectivity index (χ0n) is 9.07. The minimum absolute atomic E-state index is 0.125. The molecule has 0 aliphatic carbocycles. The molecular weight excluding hydrogens is 244 g/mol. The molecule has 2 aromatic heterocycles. The number of nitrogens with two attached hydrogens (primary N) is 1. The lowest BCUT2D eigenvalue weighted by Gasteiger charge is -2.05. The van der Waals surface area contributed by atoms with E-state index >= 15 is 0 Å². The Hall–Kier alpha value is -1.73. The molecule has 0 aliphatic rings. The third kappa shape index (κ3) is 2.69. The highest BCUT2D eigenvalue weighted by Crippen LogP contribution is 2.18. The van der Waals surface area contributed by atoms with E-state index in [-0.39, 0.29) is 29.5 Å². The summed E-state index contributed by atoms with van der Waals surface area (Å²) in [7, 11) is 0. The lowest BCUT2D eigenvalue weighted by molar-refractivity contribution is -0.116. The number of H-pyrrole nitrogens is 1. The second-order valence-corrected chi connectivity index (χ2v) is 4.03. The zero-order chi connectivity index (χ0) is 12.4. The quantitative estimate of drug-likeness (QED) is 0.698. The van der Waals surface area contributed by atoms with E-state index in [1.807, 2.05) is 0 Å². The van der Waals surface area contributed by atoms with Gasteiger partial charge in [0.15, 0.2) is 10.8 Å². The van der Waals surface area contributed by atoms with E-state index in [1.165, 1.54) is 6.33 Å². The van der Waals surface area contributed by atoms with E-state index < -0.39 is 0 Å². The van der Waals surface area contributed by atoms with Crippen LogP contribution in [-0.2, 0) is 4.79 Å². The molecular formula is C9H11ClN6O. The summed E-state index contributed by atoms with van der Waals surface area (Å²) in [5.41, 5.74) is 6.45. The summed E-state index contributed by atoms with van der Waals surface area (Å²) in [6.45, 7) is 1.74. The van der Waals surface area contributed by atoms with Crippen LogP contribution in [0.2, 0.25) is 5.15 Å². The summed E-state index contributed by atoms with van der Waals surface area (Å²) in [4.78, 5) is 26.2. The molecule has 0 bridgehead atoms. The highest BCUT2D eigenvalue weighted by Gasteiger charge is 2.11. The molecule has 0 aromatic carbocycles. The van der Waals surface area contributed by atoms with Gasteiger partial charge in [-0.25, -0.2) is 4.98 Å². The van der Waals surface area contributed by atoms with Gasteiger partial charge in [-0.1, -0.05) is 11.6 Å². The number of anilines is 1. The maximum Gasteiger partial charge on any atom is 0.233 e. The van der Waals surface area contributed by atoms with Gasteiger partial charge in [0.2, 0.25) is 11.9 Å². The Labute approximate surface area is 102 Å². The van der Waals surface area contributed by atoms with E-state index in [0.29, 0.717) is 11.2 Å². The largest absolute Gasteiger partial charge is 0.341 e. The molecule has 8 heteroatoms. The first-order valence-electron chi connectivity index (χ1n) is 4.98. The Kier molecular flexibility index (Phi) is 3.21. The topological polar surface area (TPSA) is 110 Å². The predicted molar refractivity (Wildman–Crippen MR) is 63.6 cm³/mol. The van der Waals surface area contributed by atoms with Crippen molar-refractivity contribution in [1.29, 1.82) is 0 Å². The minimum Gasteiger partial charge on any atom is -0.341 e. The summed E-state index contributed by atoms with van der Waals surface area (Å²) < 4.78 is 0. The van der Waals surface area contributed by atoms with Crippen molar-refractivity contribution in [2.75, 3.05) is 5.32 Å². The Balaban J connectivity index is 2.21. The van der Waals surface area contributed by atoms with Crippen LogP contribution in [0, 0.1) is 0 Å². The average molecular weight is 255 g/mol. The van der Waals surface area contributed by atoms with Gasteiger partial charge in [0.25, 0.3) is 0 Å². The fourth-order valence-corrected chi connectivity index (χ4v) is 1.54. The fourth-order valence-electron chi connectivity index (χ4n) is 1.32. The summed E-state index contributed by atoms with van der Waals surface area (Å²) >= 11 is 5.89. The zero-order valence-corrected chi connectivity index (χ0v) is 9.82. The third-order valence-electron chi connectivity index (χ3n) is 2.00. The van der Waals surface area contributed by atoms with E-state index in [9.17, 15) is 4.79 Å². The summed E-state index contributed by atoms with van der Waals surface area (Å²) in [6, 6.07) is -0.223. The number of imidazole rings is 1. The van der Waals surface area contributed by atoms with Crippen molar-refractivity contribution in [3.05, 3.63) is 11.5 Å². The van der Waals surface area contributed by atoms with E-state index in [2.05, 4.69) is 25.3 Å². The van der Waals surface area contributed by atoms with Crippen molar-refractivity contribution in [1.82, 2.24) is 19.9 Å². The lowest BCUT2D eigenvalue weighted by atomic mass is 10.2. The van der Waals surface area contributed by atoms with Crippen LogP contribution in [0.4, 0.5) is 5.95 Å². The van der Waals surface area contributed by atoms with Crippen molar-refractivity contribution < 1.29 is 4.79 Å². The van der Waals surface area contributed by atoms with Crippen LogP contribution in [0.1, 0.15) is 13.3 Å². The SMILES string of the molecule is CC(N)CC(=O)Nc1nc(Cl)c2[nH]cnc2n1. The standard InChI is InChI=1S/C9H11ClN6O/c1-4(11)2-5(17)14-9-15-7(10)6-8(16-9)13-3-12-6/h3-4H,2,11H2,1H3,(H2,12,13,14,15,16,17). The van der Waals surface area contributed by atoms with Crippen molar-refractivity contribution >= 4 is 34.6 Å². The second-order valence-electron chi connectivity index (χ2n) is 3.67. The van der Waals surface area contributed by atoms with Gasteiger partial charge in [0.05, 0.1) is 6.33 Å². The maximum atomic E-state index is 11.5.